The first kappa shape index (κ1) is 19.5. The van der Waals surface area contributed by atoms with Gasteiger partial charge in [0.05, 0.1) is 5.02 Å². The number of nitrogens with zero attached hydrogens (tertiary/aromatic N) is 2. The molecule has 1 aromatic carbocycles. The van der Waals surface area contributed by atoms with E-state index in [2.05, 4.69) is 4.98 Å². The number of halogens is 6. The summed E-state index contributed by atoms with van der Waals surface area (Å²) in [5.41, 5.74) is -0.359. The zero-order valence-electron chi connectivity index (χ0n) is 13.5. The number of hydrogen-bond acceptors (Lipinski definition) is 1. The van der Waals surface area contributed by atoms with Crippen LogP contribution in [0.25, 0.3) is 16.8 Å². The minimum Gasteiger partial charge on any atom is -0.295 e. The lowest BCUT2D eigenvalue weighted by Crippen LogP contribution is -2.12. The van der Waals surface area contributed by atoms with E-state index < -0.39 is 17.7 Å². The molecule has 0 unspecified atom stereocenters. The van der Waals surface area contributed by atoms with Gasteiger partial charge in [-0.15, -0.1) is 0 Å². The van der Waals surface area contributed by atoms with E-state index in [9.17, 15) is 17.6 Å². The molecule has 0 radical (unpaired) electrons. The lowest BCUT2D eigenvalue weighted by Gasteiger charge is -2.15. The summed E-state index contributed by atoms with van der Waals surface area (Å²) in [5, 5.41) is -0.0229. The average molecular weight is 393 g/mol. The molecule has 2 nitrogen and oxygen atoms in total. The third-order valence-corrected chi connectivity index (χ3v) is 4.14. The molecule has 2 aromatic heterocycles. The predicted octanol–water partition coefficient (Wildman–Crippen LogP) is 6.80. The summed E-state index contributed by atoms with van der Waals surface area (Å²) in [6.07, 6.45) is -2.26. The van der Waals surface area contributed by atoms with Crippen LogP contribution in [-0.2, 0) is 6.18 Å². The maximum Gasteiger partial charge on any atom is 0.431 e. The molecular weight excluding hydrogens is 379 g/mol. The summed E-state index contributed by atoms with van der Waals surface area (Å²) < 4.78 is 54.4. The van der Waals surface area contributed by atoms with E-state index in [1.165, 1.54) is 12.3 Å². The SMILES string of the molecule is CC.Cc1cc(-c2c(Cl)cc(C(F)(F)F)n3ccnc23)c(F)cc1Cl. The van der Waals surface area contributed by atoms with Gasteiger partial charge in [-0.25, -0.2) is 9.37 Å². The first-order valence-electron chi connectivity index (χ1n) is 7.39. The molecular formula is C17H14Cl2F4N2. The van der Waals surface area contributed by atoms with Crippen LogP contribution in [-0.4, -0.2) is 9.38 Å². The maximum absolute atomic E-state index is 14.3. The van der Waals surface area contributed by atoms with Crippen LogP contribution in [0.15, 0.2) is 30.6 Å². The van der Waals surface area contributed by atoms with Gasteiger partial charge in [-0.1, -0.05) is 37.0 Å². The first-order chi connectivity index (χ1) is 11.7. The number of alkyl halides is 3. The molecule has 134 valence electrons. The molecule has 0 amide bonds. The number of aromatic nitrogens is 2. The van der Waals surface area contributed by atoms with Crippen LogP contribution in [0.4, 0.5) is 17.6 Å². The Labute approximate surface area is 152 Å². The Hall–Kier alpha value is -1.79. The average Bonchev–Trinajstić information content (AvgIpc) is 3.01. The first-order valence-corrected chi connectivity index (χ1v) is 8.14. The molecule has 0 saturated heterocycles. The van der Waals surface area contributed by atoms with E-state index in [0.29, 0.717) is 5.56 Å². The fourth-order valence-electron chi connectivity index (χ4n) is 2.37. The Kier molecular flexibility index (Phi) is 5.64. The molecule has 0 saturated carbocycles. The zero-order chi connectivity index (χ0) is 18.9. The van der Waals surface area contributed by atoms with Gasteiger partial charge in [0, 0.05) is 28.5 Å². The molecule has 0 aliphatic heterocycles. The topological polar surface area (TPSA) is 17.3 Å². The molecule has 0 atom stereocenters. The molecule has 3 aromatic rings. The summed E-state index contributed by atoms with van der Waals surface area (Å²) in [7, 11) is 0. The van der Waals surface area contributed by atoms with Crippen LogP contribution in [0.3, 0.4) is 0 Å². The molecule has 2 heterocycles. The van der Waals surface area contributed by atoms with Gasteiger partial charge in [-0.05, 0) is 30.7 Å². The van der Waals surface area contributed by atoms with Gasteiger partial charge in [0.25, 0.3) is 0 Å². The van der Waals surface area contributed by atoms with Crippen LogP contribution < -0.4 is 0 Å². The summed E-state index contributed by atoms with van der Waals surface area (Å²) in [4.78, 5) is 3.90. The molecule has 3 rings (SSSR count). The van der Waals surface area contributed by atoms with Gasteiger partial charge < -0.3 is 0 Å². The minimum atomic E-state index is -4.62. The molecule has 0 bridgehead atoms. The molecule has 0 spiro atoms. The monoisotopic (exact) mass is 392 g/mol. The summed E-state index contributed by atoms with van der Waals surface area (Å²) in [5.74, 6) is -0.688. The van der Waals surface area contributed by atoms with E-state index in [1.54, 1.807) is 6.92 Å². The van der Waals surface area contributed by atoms with Crippen molar-refractivity contribution in [1.82, 2.24) is 9.38 Å². The number of fused-ring (bicyclic) bond motifs is 1. The van der Waals surface area contributed by atoms with Crippen LogP contribution in [0, 0.1) is 12.7 Å². The second-order valence-corrected chi connectivity index (χ2v) is 5.77. The van der Waals surface area contributed by atoms with Crippen molar-refractivity contribution < 1.29 is 17.6 Å². The van der Waals surface area contributed by atoms with Crippen molar-refractivity contribution in [2.24, 2.45) is 0 Å². The highest BCUT2D eigenvalue weighted by molar-refractivity contribution is 6.34. The van der Waals surface area contributed by atoms with Crippen molar-refractivity contribution in [2.45, 2.75) is 26.9 Å². The molecule has 0 fully saturated rings. The third kappa shape index (κ3) is 3.60. The van der Waals surface area contributed by atoms with Gasteiger partial charge in [-0.3, -0.25) is 4.40 Å². The molecule has 0 aliphatic rings. The van der Waals surface area contributed by atoms with E-state index in [4.69, 9.17) is 23.2 Å². The highest BCUT2D eigenvalue weighted by Gasteiger charge is 2.35. The van der Waals surface area contributed by atoms with Gasteiger partial charge in [0.15, 0.2) is 0 Å². The van der Waals surface area contributed by atoms with Crippen molar-refractivity contribution in [3.63, 3.8) is 0 Å². The van der Waals surface area contributed by atoms with E-state index in [0.717, 1.165) is 22.7 Å². The van der Waals surface area contributed by atoms with E-state index in [-0.39, 0.29) is 26.8 Å². The zero-order valence-corrected chi connectivity index (χ0v) is 15.1. The third-order valence-electron chi connectivity index (χ3n) is 3.43. The highest BCUT2D eigenvalue weighted by Crippen LogP contribution is 2.39. The van der Waals surface area contributed by atoms with Crippen molar-refractivity contribution in [2.75, 3.05) is 0 Å². The summed E-state index contributed by atoms with van der Waals surface area (Å²) >= 11 is 11.9. The van der Waals surface area contributed by atoms with Gasteiger partial charge in [0.1, 0.15) is 17.2 Å². The van der Waals surface area contributed by atoms with Crippen LogP contribution in [0.5, 0.6) is 0 Å². The Bertz CT molecular complexity index is 917. The van der Waals surface area contributed by atoms with E-state index in [1.807, 2.05) is 13.8 Å². The molecule has 0 aliphatic carbocycles. The van der Waals surface area contributed by atoms with Crippen LogP contribution in [0.2, 0.25) is 10.0 Å². The number of rotatable bonds is 1. The van der Waals surface area contributed by atoms with Crippen molar-refractivity contribution in [3.05, 3.63) is 57.7 Å². The Morgan fingerprint density at radius 1 is 1.04 bits per heavy atom. The van der Waals surface area contributed by atoms with E-state index >= 15 is 0 Å². The number of aryl methyl sites for hydroxylation is 1. The van der Waals surface area contributed by atoms with Crippen LogP contribution in [0.1, 0.15) is 25.1 Å². The highest BCUT2D eigenvalue weighted by atomic mass is 35.5. The lowest BCUT2D eigenvalue weighted by atomic mass is 10.0. The van der Waals surface area contributed by atoms with Crippen LogP contribution >= 0.6 is 23.2 Å². The Balaban J connectivity index is 0.00000109. The second kappa shape index (κ2) is 7.22. The van der Waals surface area contributed by atoms with Crippen molar-refractivity contribution >= 4 is 28.8 Å². The fourth-order valence-corrected chi connectivity index (χ4v) is 2.81. The fraction of sp³-hybridized carbons (Fsp3) is 0.235. The number of benzene rings is 1. The molecule has 25 heavy (non-hydrogen) atoms. The predicted molar refractivity (Wildman–Crippen MR) is 91.7 cm³/mol. The number of hydrogen-bond donors (Lipinski definition) is 0. The van der Waals surface area contributed by atoms with Crippen molar-refractivity contribution in [3.8, 4) is 11.1 Å². The largest absolute Gasteiger partial charge is 0.431 e. The Morgan fingerprint density at radius 3 is 2.28 bits per heavy atom. The normalized spacial score (nSPS) is 11.4. The number of pyridine rings is 1. The lowest BCUT2D eigenvalue weighted by molar-refractivity contribution is -0.142. The second-order valence-electron chi connectivity index (χ2n) is 4.95. The summed E-state index contributed by atoms with van der Waals surface area (Å²) in [6.45, 7) is 5.66. The van der Waals surface area contributed by atoms with Crippen molar-refractivity contribution in [1.29, 1.82) is 0 Å². The minimum absolute atomic E-state index is 0.0434. The summed E-state index contributed by atoms with van der Waals surface area (Å²) in [6, 6.07) is 3.29. The quantitative estimate of drug-likeness (QED) is 0.416. The maximum atomic E-state index is 14.3. The molecule has 0 N–H and O–H groups in total. The molecule has 8 heteroatoms. The standard InChI is InChI=1S/C15H8Cl2F4N2.C2H6/c1-7-4-8(11(18)5-9(7)16)13-10(17)6-12(15(19,20)21)23-3-2-22-14(13)23;1-2/h2-6H,1H3;1-2H3. The smallest absolute Gasteiger partial charge is 0.295 e. The van der Waals surface area contributed by atoms with Gasteiger partial charge in [-0.2, -0.15) is 13.2 Å². The number of imidazole rings is 1. The van der Waals surface area contributed by atoms with Gasteiger partial charge >= 0.3 is 6.18 Å². The Morgan fingerprint density at radius 2 is 1.68 bits per heavy atom. The van der Waals surface area contributed by atoms with Gasteiger partial charge in [0.2, 0.25) is 0 Å².